The van der Waals surface area contributed by atoms with Crippen LogP contribution in [0.2, 0.25) is 0 Å². The molecule has 0 aromatic heterocycles. The summed E-state index contributed by atoms with van der Waals surface area (Å²) in [4.78, 5) is 0. The number of benzene rings is 1. The molecule has 0 aliphatic carbocycles. The first-order chi connectivity index (χ1) is 8.80. The van der Waals surface area contributed by atoms with Gasteiger partial charge in [0.05, 0.1) is 13.7 Å². The molecule has 0 bridgehead atoms. The SMILES string of the molecule is COC/C(=C/Cc1ccc(OC)cc1)CCCN. The summed E-state index contributed by atoms with van der Waals surface area (Å²) in [6.07, 6.45) is 5.19. The molecule has 1 aromatic carbocycles. The number of ether oxygens (including phenoxy) is 2. The van der Waals surface area contributed by atoms with Gasteiger partial charge in [0, 0.05) is 7.11 Å². The smallest absolute Gasteiger partial charge is 0.118 e. The van der Waals surface area contributed by atoms with Gasteiger partial charge < -0.3 is 15.2 Å². The maximum Gasteiger partial charge on any atom is 0.118 e. The van der Waals surface area contributed by atoms with Gasteiger partial charge in [-0.1, -0.05) is 18.2 Å². The highest BCUT2D eigenvalue weighted by molar-refractivity contribution is 5.28. The maximum absolute atomic E-state index is 5.53. The van der Waals surface area contributed by atoms with Crippen LogP contribution in [0.5, 0.6) is 5.75 Å². The second-order valence-electron chi connectivity index (χ2n) is 4.24. The van der Waals surface area contributed by atoms with Crippen LogP contribution >= 0.6 is 0 Å². The molecule has 100 valence electrons. The Balaban J connectivity index is 2.56. The third-order valence-corrected chi connectivity index (χ3v) is 2.82. The van der Waals surface area contributed by atoms with Gasteiger partial charge in [-0.15, -0.1) is 0 Å². The van der Waals surface area contributed by atoms with E-state index in [0.717, 1.165) is 31.6 Å². The molecule has 0 radical (unpaired) electrons. The van der Waals surface area contributed by atoms with Gasteiger partial charge in [0.2, 0.25) is 0 Å². The van der Waals surface area contributed by atoms with Crippen LogP contribution in [0.25, 0.3) is 0 Å². The summed E-state index contributed by atoms with van der Waals surface area (Å²) in [5.74, 6) is 0.892. The molecule has 0 unspecified atom stereocenters. The van der Waals surface area contributed by atoms with Gasteiger partial charge in [-0.25, -0.2) is 0 Å². The molecule has 0 atom stereocenters. The molecule has 0 amide bonds. The Bertz CT molecular complexity index is 357. The van der Waals surface area contributed by atoms with Crippen LogP contribution < -0.4 is 10.5 Å². The van der Waals surface area contributed by atoms with Crippen molar-refractivity contribution < 1.29 is 9.47 Å². The first kappa shape index (κ1) is 14.7. The van der Waals surface area contributed by atoms with E-state index in [1.165, 1.54) is 11.1 Å². The van der Waals surface area contributed by atoms with Crippen molar-refractivity contribution >= 4 is 0 Å². The number of nitrogens with two attached hydrogens (primary N) is 1. The van der Waals surface area contributed by atoms with Gasteiger partial charge in [-0.3, -0.25) is 0 Å². The van der Waals surface area contributed by atoms with E-state index in [1.807, 2.05) is 12.1 Å². The standard InChI is InChI=1S/C15H23NO2/c1-17-12-14(4-3-11-16)6-5-13-7-9-15(18-2)10-8-13/h6-10H,3-5,11-12,16H2,1-2H3/b14-6+. The molecule has 1 aromatic rings. The van der Waals surface area contributed by atoms with E-state index in [9.17, 15) is 0 Å². The van der Waals surface area contributed by atoms with Gasteiger partial charge in [0.1, 0.15) is 5.75 Å². The number of hydrogen-bond acceptors (Lipinski definition) is 3. The van der Waals surface area contributed by atoms with Crippen LogP contribution in [0.15, 0.2) is 35.9 Å². The van der Waals surface area contributed by atoms with Gasteiger partial charge in [0.15, 0.2) is 0 Å². The molecule has 0 aliphatic rings. The lowest BCUT2D eigenvalue weighted by Crippen LogP contribution is -2.02. The summed E-state index contributed by atoms with van der Waals surface area (Å²) in [6.45, 7) is 1.42. The molecule has 0 heterocycles. The fraction of sp³-hybridized carbons (Fsp3) is 0.467. The molecule has 0 spiro atoms. The quantitative estimate of drug-likeness (QED) is 0.720. The van der Waals surface area contributed by atoms with E-state index in [0.29, 0.717) is 6.61 Å². The highest BCUT2D eigenvalue weighted by Crippen LogP contribution is 2.13. The van der Waals surface area contributed by atoms with Crippen molar-refractivity contribution in [3.8, 4) is 5.75 Å². The number of hydrogen-bond donors (Lipinski definition) is 1. The highest BCUT2D eigenvalue weighted by atomic mass is 16.5. The third kappa shape index (κ3) is 5.34. The minimum absolute atomic E-state index is 0.691. The topological polar surface area (TPSA) is 44.5 Å². The number of methoxy groups -OCH3 is 2. The van der Waals surface area contributed by atoms with Crippen molar-refractivity contribution in [3.63, 3.8) is 0 Å². The second-order valence-corrected chi connectivity index (χ2v) is 4.24. The second kappa shape index (κ2) is 8.72. The Morgan fingerprint density at radius 2 is 1.94 bits per heavy atom. The monoisotopic (exact) mass is 249 g/mol. The summed E-state index contributed by atoms with van der Waals surface area (Å²) in [5.41, 5.74) is 8.12. The zero-order valence-corrected chi connectivity index (χ0v) is 11.3. The van der Waals surface area contributed by atoms with Crippen LogP contribution in [-0.4, -0.2) is 27.4 Å². The predicted molar refractivity (Wildman–Crippen MR) is 74.9 cm³/mol. The first-order valence-corrected chi connectivity index (χ1v) is 6.30. The molecule has 2 N–H and O–H groups in total. The molecule has 0 aliphatic heterocycles. The largest absolute Gasteiger partial charge is 0.497 e. The summed E-state index contributed by atoms with van der Waals surface area (Å²) in [6, 6.07) is 8.14. The predicted octanol–water partition coefficient (Wildman–Crippen LogP) is 2.55. The first-order valence-electron chi connectivity index (χ1n) is 6.30. The van der Waals surface area contributed by atoms with Gasteiger partial charge in [-0.2, -0.15) is 0 Å². The number of rotatable bonds is 8. The van der Waals surface area contributed by atoms with Crippen molar-refractivity contribution in [2.75, 3.05) is 27.4 Å². The zero-order valence-electron chi connectivity index (χ0n) is 11.3. The minimum Gasteiger partial charge on any atom is -0.497 e. The van der Waals surface area contributed by atoms with Crippen molar-refractivity contribution in [2.24, 2.45) is 5.73 Å². The molecule has 1 rings (SSSR count). The van der Waals surface area contributed by atoms with E-state index < -0.39 is 0 Å². The Kier molecular flexibility index (Phi) is 7.14. The van der Waals surface area contributed by atoms with E-state index in [4.69, 9.17) is 15.2 Å². The Hall–Kier alpha value is -1.32. The highest BCUT2D eigenvalue weighted by Gasteiger charge is 1.98. The van der Waals surface area contributed by atoms with Crippen molar-refractivity contribution in [1.82, 2.24) is 0 Å². The molecule has 0 saturated heterocycles. The normalized spacial score (nSPS) is 11.6. The minimum atomic E-state index is 0.691. The molecule has 3 nitrogen and oxygen atoms in total. The average molecular weight is 249 g/mol. The Morgan fingerprint density at radius 1 is 1.22 bits per heavy atom. The number of allylic oxidation sites excluding steroid dienone is 1. The van der Waals surface area contributed by atoms with Gasteiger partial charge in [-0.05, 0) is 49.1 Å². The molecule has 3 heteroatoms. The van der Waals surface area contributed by atoms with Crippen molar-refractivity contribution in [1.29, 1.82) is 0 Å². The summed E-state index contributed by atoms with van der Waals surface area (Å²) < 4.78 is 10.3. The van der Waals surface area contributed by atoms with Gasteiger partial charge >= 0.3 is 0 Å². The lowest BCUT2D eigenvalue weighted by atomic mass is 10.1. The molecular formula is C15H23NO2. The van der Waals surface area contributed by atoms with Gasteiger partial charge in [0.25, 0.3) is 0 Å². The van der Waals surface area contributed by atoms with E-state index in [1.54, 1.807) is 14.2 Å². The lowest BCUT2D eigenvalue weighted by molar-refractivity contribution is 0.222. The molecule has 18 heavy (non-hydrogen) atoms. The summed E-state index contributed by atoms with van der Waals surface area (Å²) in [7, 11) is 3.40. The fourth-order valence-electron chi connectivity index (χ4n) is 1.77. The van der Waals surface area contributed by atoms with E-state index >= 15 is 0 Å². The lowest BCUT2D eigenvalue weighted by Gasteiger charge is -2.06. The zero-order chi connectivity index (χ0) is 13.2. The van der Waals surface area contributed by atoms with Crippen LogP contribution in [0.1, 0.15) is 18.4 Å². The van der Waals surface area contributed by atoms with Crippen LogP contribution in [-0.2, 0) is 11.2 Å². The van der Waals surface area contributed by atoms with Crippen LogP contribution in [0.3, 0.4) is 0 Å². The summed E-state index contributed by atoms with van der Waals surface area (Å²) >= 11 is 0. The van der Waals surface area contributed by atoms with E-state index in [-0.39, 0.29) is 0 Å². The third-order valence-electron chi connectivity index (χ3n) is 2.82. The summed E-state index contributed by atoms with van der Waals surface area (Å²) in [5, 5.41) is 0. The Morgan fingerprint density at radius 3 is 2.50 bits per heavy atom. The van der Waals surface area contributed by atoms with Crippen molar-refractivity contribution in [2.45, 2.75) is 19.3 Å². The van der Waals surface area contributed by atoms with Crippen LogP contribution in [0, 0.1) is 0 Å². The van der Waals surface area contributed by atoms with Crippen LogP contribution in [0.4, 0.5) is 0 Å². The Labute approximate surface area is 110 Å². The maximum atomic E-state index is 5.53. The average Bonchev–Trinajstić information content (AvgIpc) is 2.42. The molecular weight excluding hydrogens is 226 g/mol. The van der Waals surface area contributed by atoms with E-state index in [2.05, 4.69) is 18.2 Å². The van der Waals surface area contributed by atoms with Crippen molar-refractivity contribution in [3.05, 3.63) is 41.5 Å². The molecule has 0 fully saturated rings. The fourth-order valence-corrected chi connectivity index (χ4v) is 1.77. The molecule has 0 saturated carbocycles.